The molecule has 0 saturated carbocycles. The Morgan fingerprint density at radius 1 is 1.09 bits per heavy atom. The number of aromatic nitrogens is 1. The number of anilines is 1. The lowest BCUT2D eigenvalue weighted by Gasteiger charge is -2.14. The van der Waals surface area contributed by atoms with E-state index in [2.05, 4.69) is 23.5 Å². The van der Waals surface area contributed by atoms with Crippen LogP contribution in [0.2, 0.25) is 0 Å². The number of ether oxygens (including phenoxy) is 3. The first-order valence-electron chi connectivity index (χ1n) is 10.8. The smallest absolute Gasteiger partial charge is 0.303 e. The summed E-state index contributed by atoms with van der Waals surface area (Å²) in [6, 6.07) is 12.2. The lowest BCUT2D eigenvalue weighted by molar-refractivity contribution is -0.137. The maximum absolute atomic E-state index is 12.3. The number of amides is 1. The van der Waals surface area contributed by atoms with Crippen molar-refractivity contribution in [3.05, 3.63) is 85.6 Å². The second-order valence-corrected chi connectivity index (χ2v) is 7.32. The number of carbonyl (C=O) groups is 2. The Kier molecular flexibility index (Phi) is 8.61. The molecule has 3 aromatic rings. The maximum Gasteiger partial charge on any atom is 0.303 e. The second kappa shape index (κ2) is 12.0. The van der Waals surface area contributed by atoms with E-state index in [1.54, 1.807) is 54.7 Å². The molecule has 180 valence electrons. The molecule has 1 aromatic heterocycles. The molecule has 0 aliphatic carbocycles. The highest BCUT2D eigenvalue weighted by molar-refractivity contribution is 6.05. The van der Waals surface area contributed by atoms with Crippen LogP contribution >= 0.6 is 0 Å². The first-order valence-corrected chi connectivity index (χ1v) is 10.8. The molecule has 0 saturated heterocycles. The van der Waals surface area contributed by atoms with Crippen molar-refractivity contribution in [3.8, 4) is 23.0 Å². The number of pyridine rings is 1. The zero-order valence-corrected chi connectivity index (χ0v) is 19.3. The summed E-state index contributed by atoms with van der Waals surface area (Å²) in [7, 11) is 1.53. The Labute approximate surface area is 203 Å². The lowest BCUT2D eigenvalue weighted by Crippen LogP contribution is -2.12. The molecule has 0 radical (unpaired) electrons. The Morgan fingerprint density at radius 2 is 1.86 bits per heavy atom. The third kappa shape index (κ3) is 6.70. The lowest BCUT2D eigenvalue weighted by atomic mass is 10.1. The van der Waals surface area contributed by atoms with Gasteiger partial charge in [-0.15, -0.1) is 0 Å². The largest absolute Gasteiger partial charge is 0.493 e. The van der Waals surface area contributed by atoms with Crippen LogP contribution in [0, 0.1) is 0 Å². The van der Waals surface area contributed by atoms with E-state index >= 15 is 0 Å². The highest BCUT2D eigenvalue weighted by Crippen LogP contribution is 2.37. The van der Waals surface area contributed by atoms with Crippen molar-refractivity contribution < 1.29 is 28.9 Å². The van der Waals surface area contributed by atoms with E-state index in [1.165, 1.54) is 19.3 Å². The molecule has 2 aromatic carbocycles. The average Bonchev–Trinajstić information content (AvgIpc) is 2.85. The Bertz CT molecular complexity index is 1260. The first kappa shape index (κ1) is 25.0. The zero-order valence-electron chi connectivity index (χ0n) is 19.3. The third-order valence-corrected chi connectivity index (χ3v) is 4.90. The molecule has 35 heavy (non-hydrogen) atoms. The molecular weight excluding hydrogens is 448 g/mol. The number of methoxy groups -OCH3 is 1. The van der Waals surface area contributed by atoms with Crippen LogP contribution in [0.15, 0.2) is 85.6 Å². The monoisotopic (exact) mass is 474 g/mol. The summed E-state index contributed by atoms with van der Waals surface area (Å²) < 4.78 is 17.2. The minimum absolute atomic E-state index is 0.0234. The van der Waals surface area contributed by atoms with Gasteiger partial charge < -0.3 is 24.6 Å². The highest BCUT2D eigenvalue weighted by atomic mass is 16.5. The number of carboxylic acid groups (broad SMARTS) is 1. The zero-order chi connectivity index (χ0) is 25.2. The van der Waals surface area contributed by atoms with Crippen molar-refractivity contribution in [1.82, 2.24) is 4.98 Å². The van der Waals surface area contributed by atoms with Crippen LogP contribution in [0.5, 0.6) is 23.0 Å². The van der Waals surface area contributed by atoms with Gasteiger partial charge in [0.05, 0.1) is 19.2 Å². The minimum atomic E-state index is -0.871. The number of aliphatic carboxylic acids is 1. The molecule has 0 aliphatic heterocycles. The number of hydrogen-bond acceptors (Lipinski definition) is 6. The Balaban J connectivity index is 1.77. The Morgan fingerprint density at radius 3 is 2.51 bits per heavy atom. The van der Waals surface area contributed by atoms with E-state index in [9.17, 15) is 9.59 Å². The standard InChI is InChI=1S/C27H26N2O6/c1-4-7-18(5-2)27(32)29-19-9-11-20(12-10-19)35-23-13-14-28-22-17-25(24(33-3)16-21(22)23)34-15-6-8-26(30)31/h4-5,7,9-14,16-17H,1-2,6,8,15H2,3H3,(H,29,32)(H,30,31)/b18-7+. The normalized spacial score (nSPS) is 10.9. The average molecular weight is 475 g/mol. The number of fused-ring (bicyclic) bond motifs is 1. The molecule has 1 amide bonds. The number of carboxylic acids is 1. The van der Waals surface area contributed by atoms with E-state index in [1.807, 2.05) is 0 Å². The van der Waals surface area contributed by atoms with Crippen LogP contribution in [0.3, 0.4) is 0 Å². The van der Waals surface area contributed by atoms with Crippen LogP contribution in [0.1, 0.15) is 12.8 Å². The van der Waals surface area contributed by atoms with Crippen molar-refractivity contribution in [2.75, 3.05) is 19.0 Å². The van der Waals surface area contributed by atoms with Gasteiger partial charge in [0.1, 0.15) is 11.5 Å². The van der Waals surface area contributed by atoms with Gasteiger partial charge in [-0.1, -0.05) is 31.4 Å². The second-order valence-electron chi connectivity index (χ2n) is 7.32. The highest BCUT2D eigenvalue weighted by Gasteiger charge is 2.13. The van der Waals surface area contributed by atoms with Crippen molar-refractivity contribution in [3.63, 3.8) is 0 Å². The van der Waals surface area contributed by atoms with Gasteiger partial charge in [-0.3, -0.25) is 14.6 Å². The van der Waals surface area contributed by atoms with Gasteiger partial charge in [-0.05, 0) is 42.8 Å². The van der Waals surface area contributed by atoms with E-state index < -0.39 is 5.97 Å². The fourth-order valence-corrected chi connectivity index (χ4v) is 3.20. The summed E-state index contributed by atoms with van der Waals surface area (Å²) in [6.45, 7) is 7.46. The van der Waals surface area contributed by atoms with E-state index in [0.29, 0.717) is 51.6 Å². The van der Waals surface area contributed by atoms with Gasteiger partial charge in [0.2, 0.25) is 0 Å². The molecule has 2 N–H and O–H groups in total. The molecule has 8 nitrogen and oxygen atoms in total. The number of rotatable bonds is 12. The van der Waals surface area contributed by atoms with E-state index in [-0.39, 0.29) is 18.9 Å². The maximum atomic E-state index is 12.3. The first-order chi connectivity index (χ1) is 16.9. The van der Waals surface area contributed by atoms with Crippen LogP contribution in [-0.2, 0) is 9.59 Å². The predicted molar refractivity (Wildman–Crippen MR) is 134 cm³/mol. The van der Waals surface area contributed by atoms with Gasteiger partial charge in [-0.2, -0.15) is 0 Å². The predicted octanol–water partition coefficient (Wildman–Crippen LogP) is 5.52. The van der Waals surface area contributed by atoms with Gasteiger partial charge in [0.15, 0.2) is 11.5 Å². The Hall–Kier alpha value is -4.59. The van der Waals surface area contributed by atoms with Gasteiger partial charge in [0.25, 0.3) is 5.91 Å². The summed E-state index contributed by atoms with van der Waals surface area (Å²) in [5, 5.41) is 12.3. The number of hydrogen-bond donors (Lipinski definition) is 2. The summed E-state index contributed by atoms with van der Waals surface area (Å²) in [5.74, 6) is 0.916. The van der Waals surface area contributed by atoms with E-state index in [4.69, 9.17) is 19.3 Å². The van der Waals surface area contributed by atoms with Crippen molar-refractivity contribution in [2.45, 2.75) is 12.8 Å². The van der Waals surface area contributed by atoms with E-state index in [0.717, 1.165) is 0 Å². The molecule has 8 heteroatoms. The topological polar surface area (TPSA) is 107 Å². The summed E-state index contributed by atoms with van der Waals surface area (Å²) in [4.78, 5) is 27.4. The van der Waals surface area contributed by atoms with Crippen molar-refractivity contribution in [1.29, 1.82) is 0 Å². The number of benzene rings is 2. The summed E-state index contributed by atoms with van der Waals surface area (Å²) in [5.41, 5.74) is 1.64. The van der Waals surface area contributed by atoms with Crippen LogP contribution < -0.4 is 19.5 Å². The van der Waals surface area contributed by atoms with Gasteiger partial charge >= 0.3 is 5.97 Å². The quantitative estimate of drug-likeness (QED) is 0.202. The van der Waals surface area contributed by atoms with Crippen molar-refractivity contribution >= 4 is 28.5 Å². The SMILES string of the molecule is C=C/C=C(\C=C)C(=O)Nc1ccc(Oc2ccnc3cc(OCCCC(=O)O)c(OC)cc23)cc1. The third-order valence-electron chi connectivity index (χ3n) is 4.90. The molecule has 3 rings (SSSR count). The van der Waals surface area contributed by atoms with Gasteiger partial charge in [0, 0.05) is 35.3 Å². The van der Waals surface area contributed by atoms with Crippen LogP contribution in [-0.4, -0.2) is 35.7 Å². The summed E-state index contributed by atoms with van der Waals surface area (Å²) >= 11 is 0. The number of nitrogens with zero attached hydrogens (tertiary/aromatic N) is 1. The molecule has 0 spiro atoms. The molecular formula is C27H26N2O6. The molecule has 0 fully saturated rings. The molecule has 1 heterocycles. The number of allylic oxidation sites excluding steroid dienone is 2. The number of nitrogens with one attached hydrogen (secondary N) is 1. The fraction of sp³-hybridized carbons (Fsp3) is 0.148. The van der Waals surface area contributed by atoms with Gasteiger partial charge in [-0.25, -0.2) is 0 Å². The van der Waals surface area contributed by atoms with Crippen LogP contribution in [0.4, 0.5) is 5.69 Å². The van der Waals surface area contributed by atoms with Crippen molar-refractivity contribution in [2.24, 2.45) is 0 Å². The fourth-order valence-electron chi connectivity index (χ4n) is 3.20. The molecule has 0 unspecified atom stereocenters. The molecule has 0 bridgehead atoms. The van der Waals surface area contributed by atoms with Crippen LogP contribution in [0.25, 0.3) is 10.9 Å². The molecule has 0 aliphatic rings. The minimum Gasteiger partial charge on any atom is -0.493 e. The summed E-state index contributed by atoms with van der Waals surface area (Å²) in [6.07, 6.45) is 6.59. The molecule has 0 atom stereocenters. The number of carbonyl (C=O) groups excluding carboxylic acids is 1.